The number of hydrogen-bond acceptors (Lipinski definition) is 4. The maximum Gasteiger partial charge on any atom is 0.244 e. The number of pyridine rings is 1. The van der Waals surface area contributed by atoms with Crippen LogP contribution in [0, 0.1) is 6.92 Å². The molecule has 7 heteroatoms. The Bertz CT molecular complexity index is 650. The van der Waals surface area contributed by atoms with Crippen LogP contribution in [0.3, 0.4) is 0 Å². The summed E-state index contributed by atoms with van der Waals surface area (Å²) in [5.41, 5.74) is 1.50. The summed E-state index contributed by atoms with van der Waals surface area (Å²) in [6.07, 6.45) is 4.64. The number of hydrogen-bond donors (Lipinski definition) is 1. The van der Waals surface area contributed by atoms with Crippen LogP contribution >= 0.6 is 0 Å². The zero-order valence-electron chi connectivity index (χ0n) is 10.9. The fourth-order valence-electron chi connectivity index (χ4n) is 1.77. The van der Waals surface area contributed by atoms with E-state index in [4.69, 9.17) is 0 Å². The molecule has 0 unspecified atom stereocenters. The van der Waals surface area contributed by atoms with Gasteiger partial charge in [0.1, 0.15) is 4.90 Å². The Kier molecular flexibility index (Phi) is 3.96. The smallest absolute Gasteiger partial charge is 0.244 e. The van der Waals surface area contributed by atoms with Crippen molar-refractivity contribution in [3.05, 3.63) is 42.0 Å². The minimum absolute atomic E-state index is 0.225. The summed E-state index contributed by atoms with van der Waals surface area (Å²) >= 11 is 0. The molecule has 2 heterocycles. The minimum Gasteiger partial charge on any atom is -0.269 e. The second-order valence-electron chi connectivity index (χ2n) is 4.09. The quantitative estimate of drug-likeness (QED) is 0.889. The molecule has 0 amide bonds. The van der Waals surface area contributed by atoms with Crippen LogP contribution in [0.15, 0.2) is 35.6 Å². The lowest BCUT2D eigenvalue weighted by Gasteiger charge is -2.06. The van der Waals surface area contributed by atoms with Crippen molar-refractivity contribution in [1.82, 2.24) is 19.5 Å². The molecule has 0 saturated heterocycles. The zero-order chi connectivity index (χ0) is 13.9. The van der Waals surface area contributed by atoms with Gasteiger partial charge in [-0.3, -0.25) is 9.67 Å². The molecule has 0 aliphatic rings. The van der Waals surface area contributed by atoms with Crippen molar-refractivity contribution in [2.75, 3.05) is 0 Å². The molecule has 0 bridgehead atoms. The van der Waals surface area contributed by atoms with Gasteiger partial charge < -0.3 is 0 Å². The van der Waals surface area contributed by atoms with Gasteiger partial charge in [-0.1, -0.05) is 0 Å². The van der Waals surface area contributed by atoms with Gasteiger partial charge in [-0.15, -0.1) is 0 Å². The van der Waals surface area contributed by atoms with Gasteiger partial charge in [-0.05, 0) is 31.5 Å². The highest BCUT2D eigenvalue weighted by molar-refractivity contribution is 7.89. The third-order valence-electron chi connectivity index (χ3n) is 2.86. The Morgan fingerprint density at radius 1 is 1.32 bits per heavy atom. The van der Waals surface area contributed by atoms with Crippen LogP contribution in [-0.2, 0) is 23.1 Å². The second-order valence-corrected chi connectivity index (χ2v) is 5.83. The van der Waals surface area contributed by atoms with Gasteiger partial charge in [0, 0.05) is 25.5 Å². The first-order valence-corrected chi connectivity index (χ1v) is 7.44. The molecule has 0 radical (unpaired) electrons. The average molecular weight is 280 g/mol. The van der Waals surface area contributed by atoms with Crippen molar-refractivity contribution >= 4 is 10.0 Å². The summed E-state index contributed by atoms with van der Waals surface area (Å²) in [5, 5.41) is 4.04. The van der Waals surface area contributed by atoms with Crippen molar-refractivity contribution in [1.29, 1.82) is 0 Å². The van der Waals surface area contributed by atoms with Gasteiger partial charge in [-0.2, -0.15) is 5.10 Å². The molecule has 0 atom stereocenters. The summed E-state index contributed by atoms with van der Waals surface area (Å²) in [6, 6.07) is 3.54. The standard InChI is InChI=1S/C12H16N4O2S/c1-3-16-10(2)12(9-14-16)19(17,18)15-8-11-4-6-13-7-5-11/h4-7,9,15H,3,8H2,1-2H3. The Labute approximate surface area is 112 Å². The molecule has 0 fully saturated rings. The second kappa shape index (κ2) is 5.50. The summed E-state index contributed by atoms with van der Waals surface area (Å²) in [4.78, 5) is 4.11. The highest BCUT2D eigenvalue weighted by Crippen LogP contribution is 2.14. The fourth-order valence-corrected chi connectivity index (χ4v) is 2.96. The molecule has 0 spiro atoms. The van der Waals surface area contributed by atoms with Gasteiger partial charge in [0.05, 0.1) is 11.9 Å². The van der Waals surface area contributed by atoms with Gasteiger partial charge in [0.15, 0.2) is 0 Å². The van der Waals surface area contributed by atoms with E-state index in [0.29, 0.717) is 12.2 Å². The third kappa shape index (κ3) is 2.99. The maximum absolute atomic E-state index is 12.2. The highest BCUT2D eigenvalue weighted by Gasteiger charge is 2.19. The molecule has 102 valence electrons. The lowest BCUT2D eigenvalue weighted by atomic mass is 10.3. The van der Waals surface area contributed by atoms with E-state index in [9.17, 15) is 8.42 Å². The molecule has 0 aliphatic carbocycles. The first kappa shape index (κ1) is 13.7. The number of nitrogens with zero attached hydrogens (tertiary/aromatic N) is 3. The molecular formula is C12H16N4O2S. The van der Waals surface area contributed by atoms with Crippen LogP contribution in [-0.4, -0.2) is 23.2 Å². The average Bonchev–Trinajstić information content (AvgIpc) is 2.79. The number of aromatic nitrogens is 3. The SMILES string of the molecule is CCn1ncc(S(=O)(=O)NCc2ccncc2)c1C. The predicted molar refractivity (Wildman–Crippen MR) is 70.9 cm³/mol. The number of sulfonamides is 1. The van der Waals surface area contributed by atoms with Gasteiger partial charge in [-0.25, -0.2) is 13.1 Å². The maximum atomic E-state index is 12.2. The van der Waals surface area contributed by atoms with E-state index in [-0.39, 0.29) is 11.4 Å². The molecule has 0 aliphatic heterocycles. The first-order valence-electron chi connectivity index (χ1n) is 5.95. The molecule has 2 aromatic rings. The van der Waals surface area contributed by atoms with E-state index in [1.807, 2.05) is 6.92 Å². The normalized spacial score (nSPS) is 11.7. The Morgan fingerprint density at radius 2 is 2.00 bits per heavy atom. The predicted octanol–water partition coefficient (Wildman–Crippen LogP) is 1.08. The van der Waals surface area contributed by atoms with Crippen molar-refractivity contribution in [2.45, 2.75) is 31.8 Å². The zero-order valence-corrected chi connectivity index (χ0v) is 11.7. The van der Waals surface area contributed by atoms with E-state index in [1.54, 1.807) is 36.1 Å². The summed E-state index contributed by atoms with van der Waals surface area (Å²) in [7, 11) is -3.53. The largest absolute Gasteiger partial charge is 0.269 e. The Hall–Kier alpha value is -1.73. The number of nitrogens with one attached hydrogen (secondary N) is 1. The van der Waals surface area contributed by atoms with E-state index in [0.717, 1.165) is 5.56 Å². The molecule has 19 heavy (non-hydrogen) atoms. The lowest BCUT2D eigenvalue weighted by molar-refractivity contribution is 0.579. The summed E-state index contributed by atoms with van der Waals surface area (Å²) < 4.78 is 28.6. The highest BCUT2D eigenvalue weighted by atomic mass is 32.2. The van der Waals surface area contributed by atoms with Crippen LogP contribution in [0.4, 0.5) is 0 Å². The Morgan fingerprint density at radius 3 is 2.58 bits per heavy atom. The van der Waals surface area contributed by atoms with Gasteiger partial charge in [0.2, 0.25) is 10.0 Å². The summed E-state index contributed by atoms with van der Waals surface area (Å²) in [5.74, 6) is 0. The van der Waals surface area contributed by atoms with Crippen molar-refractivity contribution in [3.63, 3.8) is 0 Å². The van der Waals surface area contributed by atoms with Gasteiger partial charge >= 0.3 is 0 Å². The number of rotatable bonds is 5. The monoisotopic (exact) mass is 280 g/mol. The van der Waals surface area contributed by atoms with Crippen molar-refractivity contribution in [2.24, 2.45) is 0 Å². The van der Waals surface area contributed by atoms with Crippen LogP contribution in [0.2, 0.25) is 0 Å². The number of aryl methyl sites for hydroxylation is 1. The molecule has 1 N–H and O–H groups in total. The molecule has 2 aromatic heterocycles. The van der Waals surface area contributed by atoms with Crippen LogP contribution in [0.25, 0.3) is 0 Å². The van der Waals surface area contributed by atoms with Gasteiger partial charge in [0.25, 0.3) is 0 Å². The molecule has 0 saturated carbocycles. The topological polar surface area (TPSA) is 76.9 Å². The van der Waals surface area contributed by atoms with E-state index >= 15 is 0 Å². The third-order valence-corrected chi connectivity index (χ3v) is 4.37. The molecule has 6 nitrogen and oxygen atoms in total. The molecular weight excluding hydrogens is 264 g/mol. The Balaban J connectivity index is 2.16. The fraction of sp³-hybridized carbons (Fsp3) is 0.333. The van der Waals surface area contributed by atoms with Crippen molar-refractivity contribution in [3.8, 4) is 0 Å². The van der Waals surface area contributed by atoms with Crippen LogP contribution in [0.1, 0.15) is 18.2 Å². The lowest BCUT2D eigenvalue weighted by Crippen LogP contribution is -2.23. The first-order chi connectivity index (χ1) is 9.04. The minimum atomic E-state index is -3.53. The molecule has 2 rings (SSSR count). The van der Waals surface area contributed by atoms with E-state index < -0.39 is 10.0 Å². The van der Waals surface area contributed by atoms with E-state index in [1.165, 1.54) is 6.20 Å². The van der Waals surface area contributed by atoms with Crippen LogP contribution < -0.4 is 4.72 Å². The summed E-state index contributed by atoms with van der Waals surface area (Å²) in [6.45, 7) is 4.55. The van der Waals surface area contributed by atoms with E-state index in [2.05, 4.69) is 14.8 Å². The molecule has 0 aromatic carbocycles. The van der Waals surface area contributed by atoms with Crippen molar-refractivity contribution < 1.29 is 8.42 Å². The van der Waals surface area contributed by atoms with Crippen LogP contribution in [0.5, 0.6) is 0 Å².